The Balaban J connectivity index is 1.62. The molecule has 1 aliphatic heterocycles. The lowest BCUT2D eigenvalue weighted by molar-refractivity contribution is 0.314. The molecule has 1 heterocycles. The van der Waals surface area contributed by atoms with E-state index < -0.39 is 0 Å². The van der Waals surface area contributed by atoms with Gasteiger partial charge in [0.15, 0.2) is 5.90 Å². The van der Waals surface area contributed by atoms with E-state index in [4.69, 9.17) is 4.74 Å². The Morgan fingerprint density at radius 3 is 2.65 bits per heavy atom. The Morgan fingerprint density at radius 1 is 1.12 bits per heavy atom. The van der Waals surface area contributed by atoms with Gasteiger partial charge >= 0.3 is 0 Å². The van der Waals surface area contributed by atoms with Gasteiger partial charge in [-0.3, -0.25) is 0 Å². The number of aliphatic imine (C=N–C) groups is 1. The van der Waals surface area contributed by atoms with E-state index >= 15 is 0 Å². The van der Waals surface area contributed by atoms with Gasteiger partial charge in [-0.1, -0.05) is 30.3 Å². The van der Waals surface area contributed by atoms with E-state index in [0.29, 0.717) is 6.61 Å². The standard InChI is InChI=1S/C15H14NO/c1-2-6-12(7-3-1)10-14-11-17-15(16-14)13-8-4-5-9-13/h1-9,14H,10-11H2. The molecule has 5 radical (unpaired) electrons. The van der Waals surface area contributed by atoms with E-state index in [0.717, 1.165) is 18.2 Å². The van der Waals surface area contributed by atoms with Gasteiger partial charge in [0.2, 0.25) is 0 Å². The first-order chi connectivity index (χ1) is 8.42. The number of nitrogens with zero attached hydrogens (tertiary/aromatic N) is 1. The molecule has 1 aromatic rings. The van der Waals surface area contributed by atoms with Crippen LogP contribution in [0.5, 0.6) is 0 Å². The minimum Gasteiger partial charge on any atom is -0.478 e. The molecule has 2 nitrogen and oxygen atoms in total. The fraction of sp³-hybridized carbons (Fsp3) is 0.200. The highest BCUT2D eigenvalue weighted by molar-refractivity contribution is 5.96. The van der Waals surface area contributed by atoms with Crippen LogP contribution in [0, 0.1) is 31.6 Å². The molecule has 17 heavy (non-hydrogen) atoms. The molecule has 0 N–H and O–H groups in total. The second-order valence-electron chi connectivity index (χ2n) is 4.26. The SMILES string of the molecule is [CH]1[CH][CH][C](C2=NC(Cc3ccccc3)CO2)[CH]1. The van der Waals surface area contributed by atoms with Gasteiger partial charge in [0.05, 0.1) is 12.0 Å². The van der Waals surface area contributed by atoms with Crippen molar-refractivity contribution in [2.75, 3.05) is 6.61 Å². The van der Waals surface area contributed by atoms with Crippen LogP contribution in [-0.4, -0.2) is 18.5 Å². The van der Waals surface area contributed by atoms with Crippen molar-refractivity contribution in [3.63, 3.8) is 0 Å². The van der Waals surface area contributed by atoms with Gasteiger partial charge < -0.3 is 4.74 Å². The summed E-state index contributed by atoms with van der Waals surface area (Å²) < 4.78 is 5.63. The summed E-state index contributed by atoms with van der Waals surface area (Å²) in [5, 5.41) is 0. The van der Waals surface area contributed by atoms with Crippen LogP contribution in [0.25, 0.3) is 0 Å². The summed E-state index contributed by atoms with van der Waals surface area (Å²) in [5.74, 6) is 1.87. The highest BCUT2D eigenvalue weighted by Crippen LogP contribution is 2.28. The normalized spacial score (nSPS) is 24.7. The zero-order valence-electron chi connectivity index (χ0n) is 9.54. The molecule has 1 aromatic carbocycles. The predicted molar refractivity (Wildman–Crippen MR) is 67.8 cm³/mol. The van der Waals surface area contributed by atoms with Crippen molar-refractivity contribution < 1.29 is 4.74 Å². The number of rotatable bonds is 3. The molecule has 0 aromatic heterocycles. The topological polar surface area (TPSA) is 21.6 Å². The first-order valence-electron chi connectivity index (χ1n) is 5.88. The molecular formula is C15H14NO. The van der Waals surface area contributed by atoms with Crippen molar-refractivity contribution in [2.45, 2.75) is 12.5 Å². The minimum atomic E-state index is 0.252. The summed E-state index contributed by atoms with van der Waals surface area (Å²) in [6.07, 6.45) is 9.02. The molecule has 85 valence electrons. The predicted octanol–water partition coefficient (Wildman–Crippen LogP) is 2.43. The molecule has 0 amide bonds. The first-order valence-corrected chi connectivity index (χ1v) is 5.88. The Hall–Kier alpha value is -1.31. The molecule has 0 saturated heterocycles. The largest absolute Gasteiger partial charge is 0.478 e. The summed E-state index contributed by atoms with van der Waals surface area (Å²) in [4.78, 5) is 4.62. The smallest absolute Gasteiger partial charge is 0.191 e. The lowest BCUT2D eigenvalue weighted by Gasteiger charge is -2.05. The molecule has 2 heteroatoms. The average Bonchev–Trinajstić information content (AvgIpc) is 3.00. The maximum absolute atomic E-state index is 5.63. The zero-order valence-corrected chi connectivity index (χ0v) is 9.54. The third kappa shape index (κ3) is 2.51. The number of ether oxygens (including phenoxy) is 1. The Labute approximate surface area is 103 Å². The van der Waals surface area contributed by atoms with E-state index in [1.165, 1.54) is 5.56 Å². The Bertz CT molecular complexity index is 393. The van der Waals surface area contributed by atoms with Crippen molar-refractivity contribution in [3.8, 4) is 0 Å². The van der Waals surface area contributed by atoms with Crippen molar-refractivity contribution >= 4 is 5.90 Å². The molecule has 1 saturated carbocycles. The van der Waals surface area contributed by atoms with Crippen molar-refractivity contribution in [2.24, 2.45) is 4.99 Å². The molecule has 0 bridgehead atoms. The van der Waals surface area contributed by atoms with Crippen LogP contribution < -0.4 is 0 Å². The quantitative estimate of drug-likeness (QED) is 0.772. The van der Waals surface area contributed by atoms with Gasteiger partial charge in [-0.15, -0.1) is 0 Å². The summed E-state index contributed by atoms with van der Waals surface area (Å²) in [5.41, 5.74) is 1.31. The third-order valence-corrected chi connectivity index (χ3v) is 2.94. The Kier molecular flexibility index (Phi) is 3.12. The highest BCUT2D eigenvalue weighted by atomic mass is 16.5. The first kappa shape index (κ1) is 10.8. The maximum Gasteiger partial charge on any atom is 0.191 e. The van der Waals surface area contributed by atoms with Crippen LogP contribution in [0.3, 0.4) is 0 Å². The monoisotopic (exact) mass is 224 g/mol. The van der Waals surface area contributed by atoms with Gasteiger partial charge in [-0.2, -0.15) is 0 Å². The van der Waals surface area contributed by atoms with Gasteiger partial charge in [-0.05, 0) is 37.7 Å². The highest BCUT2D eigenvalue weighted by Gasteiger charge is 2.29. The van der Waals surface area contributed by atoms with E-state index in [1.807, 2.05) is 31.7 Å². The molecule has 2 aliphatic rings. The number of hydrogen-bond donors (Lipinski definition) is 0. The Morgan fingerprint density at radius 2 is 1.88 bits per heavy atom. The van der Waals surface area contributed by atoms with Crippen LogP contribution in [0.1, 0.15) is 5.56 Å². The lowest BCUT2D eigenvalue weighted by atomic mass is 10.1. The molecule has 1 unspecified atom stereocenters. The molecule has 1 aliphatic carbocycles. The van der Waals surface area contributed by atoms with Crippen LogP contribution in [-0.2, 0) is 11.2 Å². The minimum absolute atomic E-state index is 0.252. The van der Waals surface area contributed by atoms with E-state index in [2.05, 4.69) is 29.3 Å². The van der Waals surface area contributed by atoms with Gasteiger partial charge in [0.1, 0.15) is 6.61 Å². The molecule has 0 spiro atoms. The van der Waals surface area contributed by atoms with Crippen molar-refractivity contribution in [1.29, 1.82) is 0 Å². The second-order valence-corrected chi connectivity index (χ2v) is 4.26. The lowest BCUT2D eigenvalue weighted by Crippen LogP contribution is -2.10. The fourth-order valence-electron chi connectivity index (χ4n) is 2.08. The summed E-state index contributed by atoms with van der Waals surface area (Å²) in [6.45, 7) is 0.690. The maximum atomic E-state index is 5.63. The van der Waals surface area contributed by atoms with Gasteiger partial charge in [-0.25, -0.2) is 4.99 Å². The van der Waals surface area contributed by atoms with Crippen LogP contribution in [0.4, 0.5) is 0 Å². The van der Waals surface area contributed by atoms with Crippen LogP contribution >= 0.6 is 0 Å². The molecular weight excluding hydrogens is 210 g/mol. The van der Waals surface area contributed by atoms with E-state index in [9.17, 15) is 0 Å². The second kappa shape index (κ2) is 4.91. The van der Waals surface area contributed by atoms with Gasteiger partial charge in [0.25, 0.3) is 0 Å². The average molecular weight is 224 g/mol. The molecule has 3 rings (SSSR count). The summed E-state index contributed by atoms with van der Waals surface area (Å²) in [6, 6.07) is 10.7. The van der Waals surface area contributed by atoms with Crippen LogP contribution in [0.2, 0.25) is 0 Å². The summed E-state index contributed by atoms with van der Waals surface area (Å²) >= 11 is 0. The van der Waals surface area contributed by atoms with Gasteiger partial charge in [0, 0.05) is 0 Å². The van der Waals surface area contributed by atoms with Crippen LogP contribution in [0.15, 0.2) is 35.3 Å². The molecule has 1 fully saturated rings. The number of benzene rings is 1. The molecule has 1 atom stereocenters. The fourth-order valence-corrected chi connectivity index (χ4v) is 2.08. The van der Waals surface area contributed by atoms with E-state index in [1.54, 1.807) is 0 Å². The third-order valence-electron chi connectivity index (χ3n) is 2.94. The van der Waals surface area contributed by atoms with Crippen molar-refractivity contribution in [3.05, 3.63) is 67.5 Å². The zero-order chi connectivity index (χ0) is 11.5. The van der Waals surface area contributed by atoms with E-state index in [-0.39, 0.29) is 6.04 Å². The summed E-state index contributed by atoms with van der Waals surface area (Å²) in [7, 11) is 0. The van der Waals surface area contributed by atoms with Crippen molar-refractivity contribution in [1.82, 2.24) is 0 Å². The number of hydrogen-bond acceptors (Lipinski definition) is 2.